The fraction of sp³-hybridized carbons (Fsp3) is 0.200. The van der Waals surface area contributed by atoms with Crippen LogP contribution >= 0.6 is 11.8 Å². The lowest BCUT2D eigenvalue weighted by Gasteiger charge is -2.32. The Balaban J connectivity index is 1.59. The zero-order valence-electron chi connectivity index (χ0n) is 17.7. The Morgan fingerprint density at radius 1 is 1.03 bits per heavy atom. The summed E-state index contributed by atoms with van der Waals surface area (Å²) in [4.78, 5) is 28.0. The van der Waals surface area contributed by atoms with Crippen molar-refractivity contribution in [1.82, 2.24) is 5.32 Å². The summed E-state index contributed by atoms with van der Waals surface area (Å²) in [5, 5.41) is 2.55. The lowest BCUT2D eigenvalue weighted by Crippen LogP contribution is -2.39. The van der Waals surface area contributed by atoms with Crippen molar-refractivity contribution in [2.24, 2.45) is 0 Å². The van der Waals surface area contributed by atoms with Crippen LogP contribution in [-0.2, 0) is 17.9 Å². The van der Waals surface area contributed by atoms with Crippen LogP contribution in [0.2, 0.25) is 0 Å². The maximum Gasteiger partial charge on any atom is 0.251 e. The molecule has 1 aliphatic rings. The van der Waals surface area contributed by atoms with Gasteiger partial charge in [0, 0.05) is 23.1 Å². The second kappa shape index (κ2) is 9.12. The molecule has 1 heterocycles. The summed E-state index contributed by atoms with van der Waals surface area (Å²) in [6, 6.07) is 16.3. The van der Waals surface area contributed by atoms with E-state index in [1.54, 1.807) is 19.1 Å². The molecule has 4 nitrogen and oxygen atoms in total. The average Bonchev–Trinajstić information content (AvgIpc) is 2.74. The third-order valence-electron chi connectivity index (χ3n) is 5.23. The van der Waals surface area contributed by atoms with Gasteiger partial charge in [0.2, 0.25) is 5.91 Å². The van der Waals surface area contributed by atoms with Gasteiger partial charge in [-0.1, -0.05) is 29.8 Å². The van der Waals surface area contributed by atoms with Gasteiger partial charge in [-0.15, -0.1) is 11.8 Å². The predicted octanol–water partition coefficient (Wildman–Crippen LogP) is 5.23. The van der Waals surface area contributed by atoms with E-state index in [1.165, 1.54) is 28.8 Å². The van der Waals surface area contributed by atoms with E-state index >= 15 is 0 Å². The van der Waals surface area contributed by atoms with E-state index in [4.69, 9.17) is 0 Å². The molecule has 0 saturated carbocycles. The number of amides is 2. The normalized spacial score (nSPS) is 15.4. The molecule has 1 unspecified atom stereocenters. The molecule has 1 atom stereocenters. The van der Waals surface area contributed by atoms with Gasteiger partial charge >= 0.3 is 0 Å². The lowest BCUT2D eigenvalue weighted by atomic mass is 10.1. The van der Waals surface area contributed by atoms with Crippen LogP contribution in [0.5, 0.6) is 0 Å². The highest BCUT2D eigenvalue weighted by atomic mass is 32.2. The Labute approximate surface area is 189 Å². The molecule has 0 bridgehead atoms. The topological polar surface area (TPSA) is 49.4 Å². The number of thioether (sulfide) groups is 1. The Hall–Kier alpha value is -3.19. The Bertz CT molecular complexity index is 1180. The van der Waals surface area contributed by atoms with Crippen LogP contribution in [0.1, 0.15) is 34.0 Å². The lowest BCUT2D eigenvalue weighted by molar-refractivity contribution is -0.118. The summed E-state index contributed by atoms with van der Waals surface area (Å²) in [5.74, 6) is -1.83. The SMILES string of the molecule is Cc1cccc(CNC(=O)c2ccc3c(c2)N(Cc2cc(F)cc(F)c2)C(=O)C(C)S3)c1. The van der Waals surface area contributed by atoms with Crippen molar-refractivity contribution >= 4 is 29.3 Å². The molecule has 0 fully saturated rings. The molecule has 0 saturated heterocycles. The van der Waals surface area contributed by atoms with Crippen LogP contribution in [0.25, 0.3) is 0 Å². The van der Waals surface area contributed by atoms with E-state index in [-0.39, 0.29) is 23.6 Å². The van der Waals surface area contributed by atoms with E-state index in [9.17, 15) is 18.4 Å². The van der Waals surface area contributed by atoms with Gasteiger partial charge in [-0.3, -0.25) is 9.59 Å². The van der Waals surface area contributed by atoms with Crippen LogP contribution < -0.4 is 10.2 Å². The number of carbonyl (C=O) groups is 2. The minimum absolute atomic E-state index is 0.0137. The molecule has 3 aromatic carbocycles. The fourth-order valence-electron chi connectivity index (χ4n) is 3.70. The number of hydrogen-bond donors (Lipinski definition) is 1. The molecular weight excluding hydrogens is 430 g/mol. The molecule has 0 aliphatic carbocycles. The first-order valence-corrected chi connectivity index (χ1v) is 11.1. The Morgan fingerprint density at radius 2 is 1.78 bits per heavy atom. The summed E-state index contributed by atoms with van der Waals surface area (Å²) in [6.07, 6.45) is 0. The molecule has 0 aromatic heterocycles. The number of benzene rings is 3. The first-order valence-electron chi connectivity index (χ1n) is 10.2. The number of nitrogens with one attached hydrogen (secondary N) is 1. The number of anilines is 1. The highest BCUT2D eigenvalue weighted by Gasteiger charge is 2.31. The Kier molecular flexibility index (Phi) is 6.28. The van der Waals surface area contributed by atoms with E-state index in [0.717, 1.165) is 22.1 Å². The predicted molar refractivity (Wildman–Crippen MR) is 122 cm³/mol. The molecule has 32 heavy (non-hydrogen) atoms. The molecular formula is C25H22F2N2O2S. The second-order valence-corrected chi connectivity index (χ2v) is 9.20. The van der Waals surface area contributed by atoms with Gasteiger partial charge in [0.15, 0.2) is 0 Å². The number of nitrogens with zero attached hydrogens (tertiary/aromatic N) is 1. The van der Waals surface area contributed by atoms with Crippen molar-refractivity contribution in [1.29, 1.82) is 0 Å². The molecule has 3 aromatic rings. The standard InChI is InChI=1S/C25H22F2N2O2S/c1-15-4-3-5-17(8-15)13-28-24(30)19-6-7-23-22(11-19)29(25(31)16(2)32-23)14-18-9-20(26)12-21(27)10-18/h3-12,16H,13-14H2,1-2H3,(H,28,30). The molecule has 2 amide bonds. The number of rotatable bonds is 5. The zero-order chi connectivity index (χ0) is 22.8. The van der Waals surface area contributed by atoms with Gasteiger partial charge in [0.25, 0.3) is 5.91 Å². The molecule has 164 valence electrons. The number of carbonyl (C=O) groups excluding carboxylic acids is 2. The van der Waals surface area contributed by atoms with Gasteiger partial charge in [-0.2, -0.15) is 0 Å². The van der Waals surface area contributed by atoms with Crippen molar-refractivity contribution in [2.45, 2.75) is 37.1 Å². The molecule has 1 aliphatic heterocycles. The molecule has 0 radical (unpaired) electrons. The highest BCUT2D eigenvalue weighted by molar-refractivity contribution is 8.01. The third kappa shape index (κ3) is 4.83. The average molecular weight is 453 g/mol. The quantitative estimate of drug-likeness (QED) is 0.577. The van der Waals surface area contributed by atoms with Crippen LogP contribution in [0.15, 0.2) is 65.6 Å². The van der Waals surface area contributed by atoms with E-state index in [0.29, 0.717) is 23.4 Å². The third-order valence-corrected chi connectivity index (χ3v) is 6.38. The van der Waals surface area contributed by atoms with Gasteiger partial charge in [-0.05, 0) is 55.3 Å². The van der Waals surface area contributed by atoms with Crippen molar-refractivity contribution < 1.29 is 18.4 Å². The minimum Gasteiger partial charge on any atom is -0.348 e. The van der Waals surface area contributed by atoms with Crippen LogP contribution in [0.3, 0.4) is 0 Å². The van der Waals surface area contributed by atoms with Gasteiger partial charge in [0.05, 0.1) is 17.5 Å². The van der Waals surface area contributed by atoms with E-state index in [2.05, 4.69) is 5.32 Å². The summed E-state index contributed by atoms with van der Waals surface area (Å²) in [5.41, 5.74) is 3.42. The second-order valence-electron chi connectivity index (χ2n) is 7.82. The van der Waals surface area contributed by atoms with Crippen molar-refractivity contribution in [2.75, 3.05) is 4.90 Å². The van der Waals surface area contributed by atoms with E-state index in [1.807, 2.05) is 37.3 Å². The molecule has 4 rings (SSSR count). The highest BCUT2D eigenvalue weighted by Crippen LogP contribution is 2.40. The van der Waals surface area contributed by atoms with Gasteiger partial charge in [0.1, 0.15) is 11.6 Å². The molecule has 7 heteroatoms. The molecule has 0 spiro atoms. The maximum atomic E-state index is 13.7. The molecule has 1 N–H and O–H groups in total. The smallest absolute Gasteiger partial charge is 0.251 e. The summed E-state index contributed by atoms with van der Waals surface area (Å²) in [7, 11) is 0. The Morgan fingerprint density at radius 3 is 2.50 bits per heavy atom. The summed E-state index contributed by atoms with van der Waals surface area (Å²) in [6.45, 7) is 4.18. The van der Waals surface area contributed by atoms with E-state index < -0.39 is 11.6 Å². The van der Waals surface area contributed by atoms with Gasteiger partial charge in [-0.25, -0.2) is 8.78 Å². The minimum atomic E-state index is -0.698. The van der Waals surface area contributed by atoms with Crippen molar-refractivity contribution in [3.05, 3.63) is 94.6 Å². The number of halogens is 2. The largest absolute Gasteiger partial charge is 0.348 e. The van der Waals surface area contributed by atoms with Crippen LogP contribution in [-0.4, -0.2) is 17.1 Å². The monoisotopic (exact) mass is 452 g/mol. The fourth-order valence-corrected chi connectivity index (χ4v) is 4.75. The van der Waals surface area contributed by atoms with Gasteiger partial charge < -0.3 is 10.2 Å². The number of aryl methyl sites for hydroxylation is 1. The first kappa shape index (κ1) is 22.0. The first-order chi connectivity index (χ1) is 15.3. The number of hydrogen-bond acceptors (Lipinski definition) is 3. The maximum absolute atomic E-state index is 13.7. The summed E-state index contributed by atoms with van der Waals surface area (Å²) < 4.78 is 27.3. The van der Waals surface area contributed by atoms with Crippen molar-refractivity contribution in [3.8, 4) is 0 Å². The van der Waals surface area contributed by atoms with Crippen LogP contribution in [0.4, 0.5) is 14.5 Å². The van der Waals surface area contributed by atoms with Crippen molar-refractivity contribution in [3.63, 3.8) is 0 Å². The number of fused-ring (bicyclic) bond motifs is 1. The zero-order valence-corrected chi connectivity index (χ0v) is 18.5. The summed E-state index contributed by atoms with van der Waals surface area (Å²) >= 11 is 1.40. The van der Waals surface area contributed by atoms with Crippen LogP contribution in [0, 0.1) is 18.6 Å².